The van der Waals surface area contributed by atoms with Crippen molar-refractivity contribution >= 4 is 0 Å². The number of aromatic nitrogens is 2. The van der Waals surface area contributed by atoms with Crippen LogP contribution in [0.4, 0.5) is 0 Å². The van der Waals surface area contributed by atoms with Crippen molar-refractivity contribution in [1.29, 1.82) is 0 Å². The molecule has 0 saturated heterocycles. The van der Waals surface area contributed by atoms with Crippen LogP contribution < -0.4 is 5.32 Å². The molecule has 0 bridgehead atoms. The van der Waals surface area contributed by atoms with E-state index in [0.717, 1.165) is 25.3 Å². The summed E-state index contributed by atoms with van der Waals surface area (Å²) >= 11 is 0. The molecular weight excluding hydrogens is 250 g/mol. The summed E-state index contributed by atoms with van der Waals surface area (Å²) in [6, 6.07) is 0.360. The van der Waals surface area contributed by atoms with Crippen LogP contribution in [0.25, 0.3) is 0 Å². The predicted octanol–water partition coefficient (Wildman–Crippen LogP) is 3.12. The third-order valence-electron chi connectivity index (χ3n) is 4.20. The number of nitrogens with zero attached hydrogens (tertiary/aromatic N) is 2. The SMILES string of the molecule is Cc1nn(C)cc1C(C)NCCCOC1CCCCC1. The van der Waals surface area contributed by atoms with Crippen molar-refractivity contribution in [3.63, 3.8) is 0 Å². The molecular formula is C16H29N3O. The zero-order chi connectivity index (χ0) is 14.4. The van der Waals surface area contributed by atoms with Gasteiger partial charge in [0.05, 0.1) is 11.8 Å². The fourth-order valence-electron chi connectivity index (χ4n) is 3.03. The number of hydrogen-bond donors (Lipinski definition) is 1. The van der Waals surface area contributed by atoms with Crippen LogP contribution in [0.15, 0.2) is 6.20 Å². The summed E-state index contributed by atoms with van der Waals surface area (Å²) in [6.07, 6.45) is 10.3. The van der Waals surface area contributed by atoms with Crippen LogP contribution >= 0.6 is 0 Å². The summed E-state index contributed by atoms with van der Waals surface area (Å²) in [6.45, 7) is 6.16. The van der Waals surface area contributed by atoms with Crippen LogP contribution in [0.5, 0.6) is 0 Å². The Hall–Kier alpha value is -0.870. The first kappa shape index (κ1) is 15.5. The van der Waals surface area contributed by atoms with Gasteiger partial charge < -0.3 is 10.1 Å². The Morgan fingerprint density at radius 1 is 1.40 bits per heavy atom. The van der Waals surface area contributed by atoms with Crippen molar-refractivity contribution < 1.29 is 4.74 Å². The monoisotopic (exact) mass is 279 g/mol. The lowest BCUT2D eigenvalue weighted by Gasteiger charge is -2.22. The Labute approximate surface area is 122 Å². The van der Waals surface area contributed by atoms with Gasteiger partial charge in [0.15, 0.2) is 0 Å². The van der Waals surface area contributed by atoms with E-state index in [2.05, 4.69) is 30.5 Å². The normalized spacial score (nSPS) is 18.4. The van der Waals surface area contributed by atoms with Crippen molar-refractivity contribution in [3.05, 3.63) is 17.5 Å². The summed E-state index contributed by atoms with van der Waals surface area (Å²) in [7, 11) is 1.97. The Morgan fingerprint density at radius 3 is 2.80 bits per heavy atom. The summed E-state index contributed by atoms with van der Waals surface area (Å²) in [5.41, 5.74) is 2.41. The molecule has 1 aromatic heterocycles. The molecule has 0 spiro atoms. The van der Waals surface area contributed by atoms with Gasteiger partial charge in [0.1, 0.15) is 0 Å². The van der Waals surface area contributed by atoms with Crippen LogP contribution in [-0.4, -0.2) is 29.0 Å². The zero-order valence-electron chi connectivity index (χ0n) is 13.2. The molecule has 0 radical (unpaired) electrons. The number of hydrogen-bond acceptors (Lipinski definition) is 3. The minimum absolute atomic E-state index is 0.360. The minimum Gasteiger partial charge on any atom is -0.378 e. The van der Waals surface area contributed by atoms with E-state index >= 15 is 0 Å². The van der Waals surface area contributed by atoms with Crippen LogP contribution in [0.3, 0.4) is 0 Å². The largest absolute Gasteiger partial charge is 0.378 e. The second-order valence-corrected chi connectivity index (χ2v) is 6.00. The van der Waals surface area contributed by atoms with Gasteiger partial charge in [-0.3, -0.25) is 4.68 Å². The Balaban J connectivity index is 1.59. The molecule has 4 nitrogen and oxygen atoms in total. The second-order valence-electron chi connectivity index (χ2n) is 6.00. The standard InChI is InChI=1S/C16H29N3O/c1-13(16-12-19(3)18-14(16)2)17-10-7-11-20-15-8-5-4-6-9-15/h12-13,15,17H,4-11H2,1-3H3. The maximum atomic E-state index is 5.94. The summed E-state index contributed by atoms with van der Waals surface area (Å²) < 4.78 is 7.83. The lowest BCUT2D eigenvalue weighted by atomic mass is 9.98. The van der Waals surface area contributed by atoms with E-state index < -0.39 is 0 Å². The lowest BCUT2D eigenvalue weighted by Crippen LogP contribution is -2.23. The van der Waals surface area contributed by atoms with E-state index in [9.17, 15) is 0 Å². The highest BCUT2D eigenvalue weighted by atomic mass is 16.5. The van der Waals surface area contributed by atoms with Crippen LogP contribution in [0, 0.1) is 6.92 Å². The maximum Gasteiger partial charge on any atom is 0.0641 e. The first-order valence-corrected chi connectivity index (χ1v) is 8.02. The minimum atomic E-state index is 0.360. The predicted molar refractivity (Wildman–Crippen MR) is 81.8 cm³/mol. The van der Waals surface area contributed by atoms with E-state index in [1.165, 1.54) is 37.7 Å². The van der Waals surface area contributed by atoms with Gasteiger partial charge in [-0.15, -0.1) is 0 Å². The van der Waals surface area contributed by atoms with Gasteiger partial charge in [-0.25, -0.2) is 0 Å². The van der Waals surface area contributed by atoms with E-state index in [1.807, 2.05) is 11.7 Å². The number of aryl methyl sites for hydroxylation is 2. The van der Waals surface area contributed by atoms with Gasteiger partial charge in [0, 0.05) is 31.5 Å². The Bertz CT molecular complexity index is 396. The smallest absolute Gasteiger partial charge is 0.0641 e. The lowest BCUT2D eigenvalue weighted by molar-refractivity contribution is 0.0271. The van der Waals surface area contributed by atoms with Gasteiger partial charge in [0.2, 0.25) is 0 Å². The molecule has 114 valence electrons. The second kappa shape index (κ2) is 7.79. The number of nitrogens with one attached hydrogen (secondary N) is 1. The molecule has 0 aromatic carbocycles. The van der Waals surface area contributed by atoms with Gasteiger partial charge in [-0.1, -0.05) is 19.3 Å². The van der Waals surface area contributed by atoms with Crippen molar-refractivity contribution in [1.82, 2.24) is 15.1 Å². The summed E-state index contributed by atoms with van der Waals surface area (Å²) in [5.74, 6) is 0. The Morgan fingerprint density at radius 2 is 2.15 bits per heavy atom. The molecule has 4 heteroatoms. The fourth-order valence-corrected chi connectivity index (χ4v) is 3.03. The molecule has 1 saturated carbocycles. The van der Waals surface area contributed by atoms with Gasteiger partial charge in [0.25, 0.3) is 0 Å². The Kier molecular flexibility index (Phi) is 6.05. The van der Waals surface area contributed by atoms with E-state index in [1.54, 1.807) is 0 Å². The molecule has 0 amide bonds. The summed E-state index contributed by atoms with van der Waals surface area (Å²) in [5, 5.41) is 7.95. The zero-order valence-corrected chi connectivity index (χ0v) is 13.2. The molecule has 1 unspecified atom stereocenters. The highest BCUT2D eigenvalue weighted by Crippen LogP contribution is 2.20. The van der Waals surface area contributed by atoms with Gasteiger partial charge in [-0.2, -0.15) is 5.10 Å². The number of rotatable bonds is 7. The first-order valence-electron chi connectivity index (χ1n) is 8.02. The first-order chi connectivity index (χ1) is 9.66. The van der Waals surface area contributed by atoms with Crippen molar-refractivity contribution in [2.75, 3.05) is 13.2 Å². The average Bonchev–Trinajstić information content (AvgIpc) is 2.78. The van der Waals surface area contributed by atoms with Crippen LogP contribution in [0.2, 0.25) is 0 Å². The maximum absolute atomic E-state index is 5.94. The van der Waals surface area contributed by atoms with Gasteiger partial charge >= 0.3 is 0 Å². The average molecular weight is 279 g/mol. The van der Waals surface area contributed by atoms with Crippen molar-refractivity contribution in [2.45, 2.75) is 64.5 Å². The third-order valence-corrected chi connectivity index (χ3v) is 4.20. The molecule has 0 aliphatic heterocycles. The molecule has 1 aliphatic carbocycles. The molecule has 1 N–H and O–H groups in total. The highest BCUT2D eigenvalue weighted by molar-refractivity contribution is 5.19. The molecule has 1 atom stereocenters. The molecule has 1 aliphatic rings. The van der Waals surface area contributed by atoms with Crippen LogP contribution in [0.1, 0.15) is 62.7 Å². The fraction of sp³-hybridized carbons (Fsp3) is 0.812. The molecule has 2 rings (SSSR count). The van der Waals surface area contributed by atoms with E-state index in [-0.39, 0.29) is 0 Å². The molecule has 1 aromatic rings. The summed E-state index contributed by atoms with van der Waals surface area (Å²) in [4.78, 5) is 0. The highest BCUT2D eigenvalue weighted by Gasteiger charge is 2.13. The van der Waals surface area contributed by atoms with Gasteiger partial charge in [-0.05, 0) is 39.7 Å². The molecule has 20 heavy (non-hydrogen) atoms. The van der Waals surface area contributed by atoms with Crippen molar-refractivity contribution in [2.24, 2.45) is 7.05 Å². The van der Waals surface area contributed by atoms with Crippen LogP contribution in [-0.2, 0) is 11.8 Å². The third kappa shape index (κ3) is 4.60. The van der Waals surface area contributed by atoms with E-state index in [4.69, 9.17) is 4.74 Å². The number of ether oxygens (including phenoxy) is 1. The molecule has 1 fully saturated rings. The van der Waals surface area contributed by atoms with Crippen molar-refractivity contribution in [3.8, 4) is 0 Å². The molecule has 1 heterocycles. The van der Waals surface area contributed by atoms with E-state index in [0.29, 0.717) is 12.1 Å². The topological polar surface area (TPSA) is 39.1 Å². The quantitative estimate of drug-likeness (QED) is 0.779.